The Balaban J connectivity index is 2.54. The van der Waals surface area contributed by atoms with E-state index in [1.807, 2.05) is 38.1 Å². The van der Waals surface area contributed by atoms with Crippen LogP contribution in [0.3, 0.4) is 0 Å². The van der Waals surface area contributed by atoms with E-state index < -0.39 is 0 Å². The van der Waals surface area contributed by atoms with Crippen LogP contribution in [0.5, 0.6) is 0 Å². The molecule has 4 nitrogen and oxygen atoms in total. The van der Waals surface area contributed by atoms with Crippen LogP contribution in [0, 0.1) is 18.3 Å². The minimum absolute atomic E-state index is 0.347. The van der Waals surface area contributed by atoms with Crippen LogP contribution in [0.15, 0.2) is 36.4 Å². The second-order valence-electron chi connectivity index (χ2n) is 4.38. The van der Waals surface area contributed by atoms with Gasteiger partial charge in [-0.25, -0.2) is 4.68 Å². The van der Waals surface area contributed by atoms with Gasteiger partial charge in [0.2, 0.25) is 0 Å². The van der Waals surface area contributed by atoms with Gasteiger partial charge in [0, 0.05) is 5.56 Å². The third-order valence-electron chi connectivity index (χ3n) is 2.59. The van der Waals surface area contributed by atoms with E-state index in [1.165, 1.54) is 5.56 Å². The molecule has 4 heteroatoms. The summed E-state index contributed by atoms with van der Waals surface area (Å²) in [5.74, 6) is 0. The third kappa shape index (κ3) is 2.30. The van der Waals surface area contributed by atoms with Crippen LogP contribution < -0.4 is 0 Å². The first-order valence-electron chi connectivity index (χ1n) is 5.67. The Hall–Kier alpha value is -2.41. The van der Waals surface area contributed by atoms with Crippen molar-refractivity contribution in [1.82, 2.24) is 15.0 Å². The van der Waals surface area contributed by atoms with Crippen molar-refractivity contribution in [3.8, 4) is 17.3 Å². The lowest BCUT2D eigenvalue weighted by atomic mass is 10.1. The molecule has 2 rings (SSSR count). The third-order valence-corrected chi connectivity index (χ3v) is 2.59. The van der Waals surface area contributed by atoms with Crippen LogP contribution in [-0.2, 0) is 6.54 Å². The zero-order valence-electron chi connectivity index (χ0n) is 10.5. The maximum Gasteiger partial charge on any atom is 0.190 e. The molecule has 0 atom stereocenters. The van der Waals surface area contributed by atoms with Crippen molar-refractivity contribution < 1.29 is 0 Å². The highest BCUT2D eigenvalue weighted by molar-refractivity contribution is 5.65. The van der Waals surface area contributed by atoms with E-state index in [2.05, 4.69) is 23.0 Å². The average Bonchev–Trinajstić information content (AvgIpc) is 2.72. The Bertz CT molecular complexity index is 614. The number of allylic oxidation sites excluding steroid dienone is 1. The molecule has 18 heavy (non-hydrogen) atoms. The maximum atomic E-state index is 9.09. The predicted molar refractivity (Wildman–Crippen MR) is 69.7 cm³/mol. The van der Waals surface area contributed by atoms with Gasteiger partial charge in [-0.3, -0.25) is 0 Å². The van der Waals surface area contributed by atoms with Gasteiger partial charge >= 0.3 is 0 Å². The zero-order valence-corrected chi connectivity index (χ0v) is 10.5. The quantitative estimate of drug-likeness (QED) is 0.772. The number of aryl methyl sites for hydroxylation is 1. The molecule has 0 fully saturated rings. The molecular weight excluding hydrogens is 224 g/mol. The summed E-state index contributed by atoms with van der Waals surface area (Å²) in [7, 11) is 0. The van der Waals surface area contributed by atoms with Gasteiger partial charge in [0.05, 0.1) is 6.54 Å². The SMILES string of the molecule is C=C(C)Cn1nnc(C#N)c1-c1ccc(C)cc1. The van der Waals surface area contributed by atoms with Gasteiger partial charge in [-0.15, -0.1) is 5.10 Å². The molecule has 0 radical (unpaired) electrons. The van der Waals surface area contributed by atoms with Crippen LogP contribution in [0.1, 0.15) is 18.2 Å². The summed E-state index contributed by atoms with van der Waals surface area (Å²) < 4.78 is 1.71. The Morgan fingerprint density at radius 1 is 1.39 bits per heavy atom. The highest BCUT2D eigenvalue weighted by Gasteiger charge is 2.14. The molecule has 0 saturated carbocycles. The lowest BCUT2D eigenvalue weighted by Crippen LogP contribution is -2.03. The highest BCUT2D eigenvalue weighted by Crippen LogP contribution is 2.22. The predicted octanol–water partition coefficient (Wildman–Crippen LogP) is 2.70. The summed E-state index contributed by atoms with van der Waals surface area (Å²) in [6.45, 7) is 8.38. The van der Waals surface area contributed by atoms with E-state index in [0.29, 0.717) is 12.2 Å². The van der Waals surface area contributed by atoms with Gasteiger partial charge in [0.1, 0.15) is 11.8 Å². The van der Waals surface area contributed by atoms with Crippen LogP contribution in [0.25, 0.3) is 11.3 Å². The molecular formula is C14H14N4. The number of nitriles is 1. The van der Waals surface area contributed by atoms with E-state index in [1.54, 1.807) is 4.68 Å². The lowest BCUT2D eigenvalue weighted by molar-refractivity contribution is 0.649. The number of hydrogen-bond acceptors (Lipinski definition) is 3. The Morgan fingerprint density at radius 2 is 2.06 bits per heavy atom. The fourth-order valence-electron chi connectivity index (χ4n) is 1.75. The number of aromatic nitrogens is 3. The molecule has 0 amide bonds. The largest absolute Gasteiger partial charge is 0.239 e. The van der Waals surface area contributed by atoms with E-state index in [-0.39, 0.29) is 0 Å². The molecule has 0 aliphatic carbocycles. The number of rotatable bonds is 3. The van der Waals surface area contributed by atoms with Gasteiger partial charge in [-0.05, 0) is 13.8 Å². The summed E-state index contributed by atoms with van der Waals surface area (Å²) in [5.41, 5.74) is 4.19. The van der Waals surface area contributed by atoms with E-state index in [0.717, 1.165) is 16.8 Å². The van der Waals surface area contributed by atoms with Crippen molar-refractivity contribution >= 4 is 0 Å². The Labute approximate surface area is 106 Å². The van der Waals surface area contributed by atoms with Gasteiger partial charge < -0.3 is 0 Å². The monoisotopic (exact) mass is 238 g/mol. The van der Waals surface area contributed by atoms with E-state index in [9.17, 15) is 0 Å². The van der Waals surface area contributed by atoms with Gasteiger partial charge in [-0.1, -0.05) is 47.2 Å². The topological polar surface area (TPSA) is 54.5 Å². The summed E-state index contributed by atoms with van der Waals surface area (Å²) in [6.07, 6.45) is 0. The first kappa shape index (κ1) is 12.1. The fraction of sp³-hybridized carbons (Fsp3) is 0.214. The van der Waals surface area contributed by atoms with Crippen molar-refractivity contribution in [3.05, 3.63) is 47.7 Å². The van der Waals surface area contributed by atoms with Crippen LogP contribution >= 0.6 is 0 Å². The number of benzene rings is 1. The minimum Gasteiger partial charge on any atom is -0.239 e. The first-order chi connectivity index (χ1) is 8.61. The second kappa shape index (κ2) is 4.84. The number of hydrogen-bond donors (Lipinski definition) is 0. The first-order valence-corrected chi connectivity index (χ1v) is 5.67. The number of nitrogens with zero attached hydrogens (tertiary/aromatic N) is 4. The minimum atomic E-state index is 0.347. The molecule has 0 unspecified atom stereocenters. The Kier molecular flexibility index (Phi) is 3.24. The smallest absolute Gasteiger partial charge is 0.190 e. The normalized spacial score (nSPS) is 10.1. The summed E-state index contributed by atoms with van der Waals surface area (Å²) >= 11 is 0. The molecule has 0 aliphatic heterocycles. The van der Waals surface area contributed by atoms with Crippen molar-refractivity contribution in [3.63, 3.8) is 0 Å². The van der Waals surface area contributed by atoms with E-state index >= 15 is 0 Å². The fourth-order valence-corrected chi connectivity index (χ4v) is 1.75. The summed E-state index contributed by atoms with van der Waals surface area (Å²) in [6, 6.07) is 10.0. The molecule has 2 aromatic rings. The van der Waals surface area contributed by atoms with Crippen LogP contribution in [-0.4, -0.2) is 15.0 Å². The van der Waals surface area contributed by atoms with Crippen LogP contribution in [0.4, 0.5) is 0 Å². The molecule has 0 aliphatic rings. The van der Waals surface area contributed by atoms with Crippen molar-refractivity contribution in [1.29, 1.82) is 5.26 Å². The highest BCUT2D eigenvalue weighted by atomic mass is 15.4. The van der Waals surface area contributed by atoms with Crippen LogP contribution in [0.2, 0.25) is 0 Å². The van der Waals surface area contributed by atoms with Crippen molar-refractivity contribution in [2.75, 3.05) is 0 Å². The molecule has 1 heterocycles. The maximum absolute atomic E-state index is 9.09. The molecule has 90 valence electrons. The molecule has 1 aromatic heterocycles. The Morgan fingerprint density at radius 3 is 2.61 bits per heavy atom. The van der Waals surface area contributed by atoms with Gasteiger partial charge in [0.25, 0.3) is 0 Å². The zero-order chi connectivity index (χ0) is 13.1. The second-order valence-corrected chi connectivity index (χ2v) is 4.38. The lowest BCUT2D eigenvalue weighted by Gasteiger charge is -2.06. The van der Waals surface area contributed by atoms with Crippen molar-refractivity contribution in [2.24, 2.45) is 0 Å². The van der Waals surface area contributed by atoms with E-state index in [4.69, 9.17) is 5.26 Å². The standard InChI is InChI=1S/C14H14N4/c1-10(2)9-18-14(13(8-15)16-17-18)12-6-4-11(3)5-7-12/h4-7H,1,9H2,2-3H3. The van der Waals surface area contributed by atoms with Gasteiger partial charge in [0.15, 0.2) is 5.69 Å². The molecule has 0 N–H and O–H groups in total. The molecule has 0 bridgehead atoms. The summed E-state index contributed by atoms with van der Waals surface area (Å²) in [4.78, 5) is 0. The van der Waals surface area contributed by atoms with Gasteiger partial charge in [-0.2, -0.15) is 5.26 Å². The molecule has 0 spiro atoms. The summed E-state index contributed by atoms with van der Waals surface area (Å²) in [5, 5.41) is 17.0. The average molecular weight is 238 g/mol. The van der Waals surface area contributed by atoms with Crippen molar-refractivity contribution in [2.45, 2.75) is 20.4 Å². The molecule has 1 aromatic carbocycles. The molecule has 0 saturated heterocycles.